The van der Waals surface area contributed by atoms with Crippen LogP contribution in [-0.4, -0.2) is 13.1 Å². The Hall–Kier alpha value is -0.960. The average Bonchev–Trinajstić information content (AvgIpc) is 2.67. The molecule has 0 amide bonds. The van der Waals surface area contributed by atoms with Crippen LogP contribution in [0.25, 0.3) is 0 Å². The molecule has 3 heteroatoms. The summed E-state index contributed by atoms with van der Waals surface area (Å²) in [4.78, 5) is 0. The molecule has 1 saturated heterocycles. The van der Waals surface area contributed by atoms with E-state index in [-0.39, 0.29) is 11.2 Å². The second-order valence-electron chi connectivity index (χ2n) is 4.71. The summed E-state index contributed by atoms with van der Waals surface area (Å²) in [6.07, 6.45) is 2.16. The average molecular weight is 209 g/mol. The molecule has 2 unspecified atom stereocenters. The summed E-state index contributed by atoms with van der Waals surface area (Å²) in [6.45, 7) is 2.01. The number of rotatable bonds is 1. The molecule has 1 aliphatic carbocycles. The first-order chi connectivity index (χ1) is 7.21. The van der Waals surface area contributed by atoms with Crippen LogP contribution in [0.1, 0.15) is 24.3 Å². The largest absolute Gasteiger partial charge is 0.316 e. The molecule has 2 aliphatic rings. The molecular weight excluding hydrogens is 196 g/mol. The van der Waals surface area contributed by atoms with Gasteiger partial charge in [-0.2, -0.15) is 0 Å². The van der Waals surface area contributed by atoms with E-state index in [4.69, 9.17) is 0 Å². The van der Waals surface area contributed by atoms with Crippen molar-refractivity contribution in [2.45, 2.75) is 18.8 Å². The molecule has 1 spiro atoms. The van der Waals surface area contributed by atoms with Gasteiger partial charge in [-0.05, 0) is 42.3 Å². The molecule has 2 fully saturated rings. The fraction of sp³-hybridized carbons (Fsp3) is 0.500. The maximum atomic E-state index is 13.5. The minimum atomic E-state index is -0.490. The zero-order valence-corrected chi connectivity index (χ0v) is 8.39. The molecule has 0 aromatic heterocycles. The third kappa shape index (κ3) is 1.37. The summed E-state index contributed by atoms with van der Waals surface area (Å²) in [6, 6.07) is 3.94. The van der Waals surface area contributed by atoms with Crippen LogP contribution in [0.3, 0.4) is 0 Å². The van der Waals surface area contributed by atoms with Crippen LogP contribution in [0.5, 0.6) is 0 Å². The smallest absolute Gasteiger partial charge is 0.129 e. The maximum absolute atomic E-state index is 13.5. The van der Waals surface area contributed by atoms with Crippen molar-refractivity contribution >= 4 is 0 Å². The van der Waals surface area contributed by atoms with Crippen LogP contribution in [0, 0.1) is 17.0 Å². The number of benzene rings is 1. The van der Waals surface area contributed by atoms with Gasteiger partial charge in [0.05, 0.1) is 0 Å². The summed E-state index contributed by atoms with van der Waals surface area (Å²) in [5.41, 5.74) is 0.971. The molecule has 3 rings (SSSR count). The van der Waals surface area contributed by atoms with Crippen LogP contribution in [0.15, 0.2) is 18.2 Å². The number of halogens is 2. The first-order valence-corrected chi connectivity index (χ1v) is 5.37. The second kappa shape index (κ2) is 3.01. The summed E-state index contributed by atoms with van der Waals surface area (Å²) >= 11 is 0. The van der Waals surface area contributed by atoms with Gasteiger partial charge in [0.2, 0.25) is 0 Å². The summed E-state index contributed by atoms with van der Waals surface area (Å²) in [5.74, 6) is -0.577. The molecule has 1 aromatic carbocycles. The van der Waals surface area contributed by atoms with Gasteiger partial charge in [-0.15, -0.1) is 0 Å². The van der Waals surface area contributed by atoms with Gasteiger partial charge in [0.1, 0.15) is 11.6 Å². The second-order valence-corrected chi connectivity index (χ2v) is 4.71. The molecular formula is C12H13F2N. The Morgan fingerprint density at radius 1 is 1.33 bits per heavy atom. The molecule has 80 valence electrons. The van der Waals surface area contributed by atoms with Crippen molar-refractivity contribution in [3.8, 4) is 0 Å². The lowest BCUT2D eigenvalue weighted by Gasteiger charge is -2.08. The Labute approximate surface area is 87.5 Å². The minimum Gasteiger partial charge on any atom is -0.316 e. The molecule has 1 nitrogen and oxygen atoms in total. The van der Waals surface area contributed by atoms with Crippen molar-refractivity contribution in [2.24, 2.45) is 5.41 Å². The highest BCUT2D eigenvalue weighted by molar-refractivity contribution is 5.32. The van der Waals surface area contributed by atoms with Crippen LogP contribution in [0.4, 0.5) is 8.78 Å². The first kappa shape index (κ1) is 9.28. The Balaban J connectivity index is 1.89. The van der Waals surface area contributed by atoms with E-state index in [9.17, 15) is 8.78 Å². The van der Waals surface area contributed by atoms with E-state index in [0.29, 0.717) is 11.5 Å². The predicted octanol–water partition coefficient (Wildman–Crippen LogP) is 2.43. The normalized spacial score (nSPS) is 33.6. The van der Waals surface area contributed by atoms with Gasteiger partial charge in [-0.25, -0.2) is 8.78 Å². The number of hydrogen-bond donors (Lipinski definition) is 1. The lowest BCUT2D eigenvalue weighted by Crippen LogP contribution is -2.11. The van der Waals surface area contributed by atoms with Crippen LogP contribution >= 0.6 is 0 Å². The van der Waals surface area contributed by atoms with Crippen LogP contribution in [-0.2, 0) is 0 Å². The first-order valence-electron chi connectivity index (χ1n) is 5.37. The molecule has 0 radical (unpaired) electrons. The van der Waals surface area contributed by atoms with Gasteiger partial charge in [0, 0.05) is 12.6 Å². The zero-order valence-electron chi connectivity index (χ0n) is 8.39. The van der Waals surface area contributed by atoms with Gasteiger partial charge in [-0.1, -0.05) is 6.07 Å². The van der Waals surface area contributed by atoms with Gasteiger partial charge < -0.3 is 5.32 Å². The van der Waals surface area contributed by atoms with Gasteiger partial charge in [0.15, 0.2) is 0 Å². The quantitative estimate of drug-likeness (QED) is 0.749. The lowest BCUT2D eigenvalue weighted by atomic mass is 9.98. The van der Waals surface area contributed by atoms with Crippen LogP contribution in [0.2, 0.25) is 0 Å². The monoisotopic (exact) mass is 209 g/mol. The van der Waals surface area contributed by atoms with Gasteiger partial charge in [-0.3, -0.25) is 0 Å². The minimum absolute atomic E-state index is 0.276. The Kier molecular flexibility index (Phi) is 1.87. The highest BCUT2D eigenvalue weighted by atomic mass is 19.1. The van der Waals surface area contributed by atoms with Crippen molar-refractivity contribution in [2.75, 3.05) is 13.1 Å². The van der Waals surface area contributed by atoms with E-state index < -0.39 is 5.82 Å². The highest BCUT2D eigenvalue weighted by Gasteiger charge is 2.56. The number of nitrogens with one attached hydrogen (secondary N) is 1. The van der Waals surface area contributed by atoms with Crippen molar-refractivity contribution in [1.29, 1.82) is 0 Å². The summed E-state index contributed by atoms with van der Waals surface area (Å²) in [7, 11) is 0. The lowest BCUT2D eigenvalue weighted by molar-refractivity contribution is 0.526. The van der Waals surface area contributed by atoms with Gasteiger partial charge >= 0.3 is 0 Å². The third-order valence-corrected chi connectivity index (χ3v) is 3.80. The van der Waals surface area contributed by atoms with E-state index in [2.05, 4.69) is 5.32 Å². The standard InChI is InChI=1S/C12H13F2N/c13-8-1-2-9(11(14)5-8)10-6-12(10)3-4-15-7-12/h1-2,5,10,15H,3-4,6-7H2. The fourth-order valence-corrected chi connectivity index (χ4v) is 2.81. The van der Waals surface area contributed by atoms with Crippen molar-refractivity contribution in [3.63, 3.8) is 0 Å². The highest BCUT2D eigenvalue weighted by Crippen LogP contribution is 2.62. The Morgan fingerprint density at radius 3 is 2.87 bits per heavy atom. The zero-order chi connectivity index (χ0) is 10.5. The van der Waals surface area contributed by atoms with E-state index >= 15 is 0 Å². The van der Waals surface area contributed by atoms with Crippen molar-refractivity contribution < 1.29 is 8.78 Å². The molecule has 1 aliphatic heterocycles. The molecule has 1 N–H and O–H groups in total. The maximum Gasteiger partial charge on any atom is 0.129 e. The van der Waals surface area contributed by atoms with E-state index in [0.717, 1.165) is 32.0 Å². The molecule has 1 saturated carbocycles. The topological polar surface area (TPSA) is 12.0 Å². The predicted molar refractivity (Wildman–Crippen MR) is 53.6 cm³/mol. The molecule has 1 heterocycles. The van der Waals surface area contributed by atoms with Gasteiger partial charge in [0.25, 0.3) is 0 Å². The molecule has 0 bridgehead atoms. The molecule has 15 heavy (non-hydrogen) atoms. The van der Waals surface area contributed by atoms with E-state index in [1.165, 1.54) is 6.07 Å². The molecule has 2 atom stereocenters. The van der Waals surface area contributed by atoms with E-state index in [1.54, 1.807) is 6.07 Å². The third-order valence-electron chi connectivity index (χ3n) is 3.80. The summed E-state index contributed by atoms with van der Waals surface area (Å²) in [5, 5.41) is 3.31. The Bertz CT molecular complexity index is 397. The SMILES string of the molecule is Fc1ccc(C2CC23CCNC3)c(F)c1. The van der Waals surface area contributed by atoms with E-state index in [1.807, 2.05) is 0 Å². The van der Waals surface area contributed by atoms with Crippen molar-refractivity contribution in [3.05, 3.63) is 35.4 Å². The van der Waals surface area contributed by atoms with Crippen molar-refractivity contribution in [1.82, 2.24) is 5.32 Å². The fourth-order valence-electron chi connectivity index (χ4n) is 2.81. The van der Waals surface area contributed by atoms with Crippen LogP contribution < -0.4 is 5.32 Å². The molecule has 1 aromatic rings. The Morgan fingerprint density at radius 2 is 2.20 bits per heavy atom. The summed E-state index contributed by atoms with van der Waals surface area (Å²) < 4.78 is 26.3. The number of hydrogen-bond acceptors (Lipinski definition) is 1.